The van der Waals surface area contributed by atoms with Crippen molar-refractivity contribution in [2.75, 3.05) is 27.6 Å². The zero-order chi connectivity index (χ0) is 22.7. The number of alkyl halides is 3. The van der Waals surface area contributed by atoms with E-state index in [0.29, 0.717) is 54.5 Å². The summed E-state index contributed by atoms with van der Waals surface area (Å²) in [4.78, 5) is 5.56. The van der Waals surface area contributed by atoms with Crippen LogP contribution in [0, 0.1) is 0 Å². The number of nitrogens with zero attached hydrogens (tertiary/aromatic N) is 1. The first-order chi connectivity index (χ1) is 15.4. The molecule has 0 aromatic heterocycles. The summed E-state index contributed by atoms with van der Waals surface area (Å²) in [5.41, 5.74) is 1.51. The fourth-order valence-electron chi connectivity index (χ4n) is 3.76. The quantitative estimate of drug-likeness (QED) is 0.655. The molecule has 172 valence electrons. The SMILES string of the molecule is COc1c(C[C@@H]2CC(CNCc3cccc(C(F)(F)F)c3)=NO2)cc2c(c1OC)OCO2. The first kappa shape index (κ1) is 22.1. The smallest absolute Gasteiger partial charge is 0.416 e. The first-order valence-corrected chi connectivity index (χ1v) is 10.0. The van der Waals surface area contributed by atoms with Crippen molar-refractivity contribution in [3.8, 4) is 23.0 Å². The minimum Gasteiger partial charge on any atom is -0.492 e. The molecule has 2 aromatic carbocycles. The molecule has 4 rings (SSSR count). The molecule has 2 aromatic rings. The van der Waals surface area contributed by atoms with Gasteiger partial charge in [0, 0.05) is 31.5 Å². The Balaban J connectivity index is 1.33. The van der Waals surface area contributed by atoms with Crippen molar-refractivity contribution >= 4 is 5.71 Å². The Bertz CT molecular complexity index is 1010. The van der Waals surface area contributed by atoms with Crippen LogP contribution in [0.3, 0.4) is 0 Å². The molecule has 0 unspecified atom stereocenters. The molecule has 2 aliphatic rings. The molecule has 32 heavy (non-hydrogen) atoms. The molecule has 0 fully saturated rings. The number of hydrogen-bond acceptors (Lipinski definition) is 7. The summed E-state index contributed by atoms with van der Waals surface area (Å²) in [6.45, 7) is 0.818. The van der Waals surface area contributed by atoms with E-state index in [2.05, 4.69) is 10.5 Å². The van der Waals surface area contributed by atoms with E-state index in [-0.39, 0.29) is 12.9 Å². The van der Waals surface area contributed by atoms with Gasteiger partial charge in [-0.1, -0.05) is 23.4 Å². The molecule has 1 N–H and O–H groups in total. The molecule has 1 atom stereocenters. The number of rotatable bonds is 8. The van der Waals surface area contributed by atoms with Crippen LogP contribution in [0.5, 0.6) is 23.0 Å². The van der Waals surface area contributed by atoms with Crippen LogP contribution >= 0.6 is 0 Å². The highest BCUT2D eigenvalue weighted by Gasteiger charge is 2.31. The van der Waals surface area contributed by atoms with E-state index in [9.17, 15) is 13.2 Å². The summed E-state index contributed by atoms with van der Waals surface area (Å²) in [5.74, 6) is 2.12. The van der Waals surface area contributed by atoms with Gasteiger partial charge >= 0.3 is 6.18 Å². The monoisotopic (exact) mass is 452 g/mol. The molecule has 0 amide bonds. The average Bonchev–Trinajstić information content (AvgIpc) is 3.41. The topological polar surface area (TPSA) is 70.5 Å². The van der Waals surface area contributed by atoms with Crippen molar-refractivity contribution in [2.24, 2.45) is 5.16 Å². The Kier molecular flexibility index (Phi) is 6.31. The largest absolute Gasteiger partial charge is 0.492 e. The summed E-state index contributed by atoms with van der Waals surface area (Å²) in [7, 11) is 3.09. The fraction of sp³-hybridized carbons (Fsp3) is 0.409. The highest BCUT2D eigenvalue weighted by atomic mass is 19.4. The van der Waals surface area contributed by atoms with Crippen LogP contribution in [0.15, 0.2) is 35.5 Å². The summed E-state index contributed by atoms with van der Waals surface area (Å²) in [6, 6.07) is 7.10. The first-order valence-electron chi connectivity index (χ1n) is 10.0. The lowest BCUT2D eigenvalue weighted by Gasteiger charge is -2.16. The van der Waals surface area contributed by atoms with Gasteiger partial charge in [-0.25, -0.2) is 0 Å². The lowest BCUT2D eigenvalue weighted by atomic mass is 10.0. The molecule has 0 spiro atoms. The van der Waals surface area contributed by atoms with Crippen molar-refractivity contribution in [3.05, 3.63) is 47.0 Å². The Labute approximate surface area is 183 Å². The van der Waals surface area contributed by atoms with Crippen molar-refractivity contribution in [1.82, 2.24) is 5.32 Å². The molecule has 0 saturated heterocycles. The van der Waals surface area contributed by atoms with E-state index in [4.69, 9.17) is 23.8 Å². The number of methoxy groups -OCH3 is 2. The normalized spacial score (nSPS) is 17.2. The zero-order valence-corrected chi connectivity index (χ0v) is 17.6. The van der Waals surface area contributed by atoms with Crippen LogP contribution in [-0.4, -0.2) is 39.4 Å². The summed E-state index contributed by atoms with van der Waals surface area (Å²) < 4.78 is 60.5. The van der Waals surface area contributed by atoms with Crippen LogP contribution in [-0.2, 0) is 24.0 Å². The predicted molar refractivity (Wildman–Crippen MR) is 109 cm³/mol. The van der Waals surface area contributed by atoms with Crippen molar-refractivity contribution < 1.29 is 37.0 Å². The van der Waals surface area contributed by atoms with Crippen molar-refractivity contribution in [1.29, 1.82) is 0 Å². The van der Waals surface area contributed by atoms with Gasteiger partial charge < -0.3 is 29.1 Å². The van der Waals surface area contributed by atoms with Crippen LogP contribution in [0.25, 0.3) is 0 Å². The van der Waals surface area contributed by atoms with Gasteiger partial charge in [-0.15, -0.1) is 0 Å². The second kappa shape index (κ2) is 9.15. The van der Waals surface area contributed by atoms with Gasteiger partial charge in [-0.3, -0.25) is 0 Å². The lowest BCUT2D eigenvalue weighted by molar-refractivity contribution is -0.137. The van der Waals surface area contributed by atoms with Crippen LogP contribution in [0.1, 0.15) is 23.1 Å². The van der Waals surface area contributed by atoms with E-state index in [0.717, 1.165) is 23.4 Å². The third kappa shape index (κ3) is 4.69. The van der Waals surface area contributed by atoms with E-state index >= 15 is 0 Å². The fourth-order valence-corrected chi connectivity index (χ4v) is 3.76. The third-order valence-corrected chi connectivity index (χ3v) is 5.21. The number of halogens is 3. The van der Waals surface area contributed by atoms with Gasteiger partial charge in [0.2, 0.25) is 18.3 Å². The third-order valence-electron chi connectivity index (χ3n) is 5.21. The molecule has 10 heteroatoms. The van der Waals surface area contributed by atoms with Crippen molar-refractivity contribution in [3.63, 3.8) is 0 Å². The number of hydrogen-bond donors (Lipinski definition) is 1. The molecule has 2 heterocycles. The summed E-state index contributed by atoms with van der Waals surface area (Å²) in [6.07, 6.45) is -3.48. The molecule has 0 bridgehead atoms. The van der Waals surface area contributed by atoms with E-state index < -0.39 is 11.7 Å². The summed E-state index contributed by atoms with van der Waals surface area (Å²) in [5, 5.41) is 7.24. The Morgan fingerprint density at radius 2 is 1.91 bits per heavy atom. The number of ether oxygens (including phenoxy) is 4. The lowest BCUT2D eigenvalue weighted by Crippen LogP contribution is -2.23. The molecule has 0 aliphatic carbocycles. The second-order valence-electron chi connectivity index (χ2n) is 7.43. The molecular formula is C22H23F3N2O5. The number of oxime groups is 1. The minimum atomic E-state index is -4.36. The maximum Gasteiger partial charge on any atom is 0.416 e. The van der Waals surface area contributed by atoms with E-state index in [1.54, 1.807) is 13.2 Å². The number of benzene rings is 2. The second-order valence-corrected chi connectivity index (χ2v) is 7.43. The van der Waals surface area contributed by atoms with Gasteiger partial charge in [-0.05, 0) is 17.7 Å². The maximum atomic E-state index is 12.8. The van der Waals surface area contributed by atoms with Gasteiger partial charge in [0.15, 0.2) is 11.5 Å². The minimum absolute atomic E-state index is 0.114. The predicted octanol–water partition coefficient (Wildman–Crippen LogP) is 3.93. The Hall–Kier alpha value is -3.14. The summed E-state index contributed by atoms with van der Waals surface area (Å²) >= 11 is 0. The Morgan fingerprint density at radius 3 is 2.66 bits per heavy atom. The van der Waals surface area contributed by atoms with E-state index in [1.807, 2.05) is 6.07 Å². The molecular weight excluding hydrogens is 429 g/mol. The standard InChI is InChI=1S/C22H23F3N2O5/c1-28-19-14(8-18-20(21(19)29-2)31-12-30-18)7-17-9-16(27-32-17)11-26-10-13-4-3-5-15(6-13)22(23,24)25/h3-6,8,17,26H,7,9-12H2,1-2H3/t17-/m1/s1. The molecule has 0 saturated carbocycles. The van der Waals surface area contributed by atoms with E-state index in [1.165, 1.54) is 13.2 Å². The van der Waals surface area contributed by atoms with Crippen LogP contribution in [0.4, 0.5) is 13.2 Å². The van der Waals surface area contributed by atoms with Gasteiger partial charge in [0.05, 0.1) is 25.5 Å². The Morgan fingerprint density at radius 1 is 1.09 bits per heavy atom. The van der Waals surface area contributed by atoms with Gasteiger partial charge in [0.1, 0.15) is 6.10 Å². The van der Waals surface area contributed by atoms with Gasteiger partial charge in [-0.2, -0.15) is 13.2 Å². The molecule has 0 radical (unpaired) electrons. The van der Waals surface area contributed by atoms with Crippen molar-refractivity contribution in [2.45, 2.75) is 31.7 Å². The van der Waals surface area contributed by atoms with Crippen LogP contribution in [0.2, 0.25) is 0 Å². The highest BCUT2D eigenvalue weighted by Crippen LogP contribution is 2.49. The average molecular weight is 452 g/mol. The number of fused-ring (bicyclic) bond motifs is 1. The highest BCUT2D eigenvalue weighted by molar-refractivity contribution is 5.87. The zero-order valence-electron chi connectivity index (χ0n) is 17.6. The maximum absolute atomic E-state index is 12.8. The number of nitrogens with one attached hydrogen (secondary N) is 1. The molecule has 7 nitrogen and oxygen atoms in total. The van der Waals surface area contributed by atoms with Gasteiger partial charge in [0.25, 0.3) is 0 Å². The molecule has 2 aliphatic heterocycles. The van der Waals surface area contributed by atoms with Crippen LogP contribution < -0.4 is 24.3 Å².